The Morgan fingerprint density at radius 3 is 2.27 bits per heavy atom. The molecule has 0 radical (unpaired) electrons. The average Bonchev–Trinajstić information content (AvgIpc) is 2.19. The molecule has 1 fully saturated rings. The van der Waals surface area contributed by atoms with Gasteiger partial charge in [-0.1, -0.05) is 33.1 Å². The fourth-order valence-electron chi connectivity index (χ4n) is 2.22. The highest BCUT2D eigenvalue weighted by Crippen LogP contribution is 2.27. The lowest BCUT2D eigenvalue weighted by molar-refractivity contribution is -0.000488. The third kappa shape index (κ3) is 4.09. The Kier molecular flexibility index (Phi) is 5.03. The minimum Gasteiger partial charge on any atom is -0.395 e. The number of aliphatic hydroxyl groups excluding tert-OH is 1. The van der Waals surface area contributed by atoms with Gasteiger partial charge in [-0.2, -0.15) is 0 Å². The summed E-state index contributed by atoms with van der Waals surface area (Å²) in [4.78, 5) is 0. The largest absolute Gasteiger partial charge is 0.395 e. The molecule has 0 aromatic carbocycles. The van der Waals surface area contributed by atoms with E-state index in [1.807, 2.05) is 0 Å². The fourth-order valence-corrected chi connectivity index (χ4v) is 2.22. The van der Waals surface area contributed by atoms with Crippen molar-refractivity contribution < 1.29 is 10.2 Å². The maximum atomic E-state index is 10.3. The van der Waals surface area contributed by atoms with Crippen molar-refractivity contribution in [2.45, 2.75) is 57.6 Å². The van der Waals surface area contributed by atoms with E-state index in [0.29, 0.717) is 12.5 Å². The van der Waals surface area contributed by atoms with Gasteiger partial charge in [0.2, 0.25) is 0 Å². The fraction of sp³-hybridized carbons (Fsp3) is 1.00. The third-order valence-corrected chi connectivity index (χ3v) is 3.48. The highest BCUT2D eigenvalue weighted by molar-refractivity contribution is 4.86. The SMILES string of the molecule is CC(C)[C@@H](CO)NCC1(O)CCCCC1. The molecule has 3 N–H and O–H groups in total. The van der Waals surface area contributed by atoms with E-state index in [1.165, 1.54) is 6.42 Å². The Morgan fingerprint density at radius 2 is 1.80 bits per heavy atom. The summed E-state index contributed by atoms with van der Waals surface area (Å²) in [7, 11) is 0. The van der Waals surface area contributed by atoms with Crippen LogP contribution >= 0.6 is 0 Å². The van der Waals surface area contributed by atoms with Crippen LogP contribution in [-0.2, 0) is 0 Å². The number of hydrogen-bond acceptors (Lipinski definition) is 3. The Labute approximate surface area is 92.9 Å². The average molecular weight is 215 g/mol. The van der Waals surface area contributed by atoms with Gasteiger partial charge in [0.1, 0.15) is 0 Å². The maximum Gasteiger partial charge on any atom is 0.0771 e. The zero-order valence-electron chi connectivity index (χ0n) is 10.00. The van der Waals surface area contributed by atoms with Gasteiger partial charge in [-0.05, 0) is 18.8 Å². The van der Waals surface area contributed by atoms with Crippen molar-refractivity contribution in [2.24, 2.45) is 5.92 Å². The number of rotatable bonds is 5. The zero-order valence-corrected chi connectivity index (χ0v) is 10.00. The Hall–Kier alpha value is -0.120. The molecule has 3 nitrogen and oxygen atoms in total. The highest BCUT2D eigenvalue weighted by atomic mass is 16.3. The van der Waals surface area contributed by atoms with Crippen molar-refractivity contribution in [1.29, 1.82) is 0 Å². The van der Waals surface area contributed by atoms with E-state index in [1.54, 1.807) is 0 Å². The van der Waals surface area contributed by atoms with E-state index in [0.717, 1.165) is 25.7 Å². The van der Waals surface area contributed by atoms with Crippen molar-refractivity contribution in [3.63, 3.8) is 0 Å². The molecule has 0 heterocycles. The van der Waals surface area contributed by atoms with Crippen molar-refractivity contribution in [3.05, 3.63) is 0 Å². The van der Waals surface area contributed by atoms with Gasteiger partial charge in [0.25, 0.3) is 0 Å². The van der Waals surface area contributed by atoms with Crippen LogP contribution in [0.2, 0.25) is 0 Å². The van der Waals surface area contributed by atoms with Crippen LogP contribution in [-0.4, -0.2) is 35.0 Å². The van der Waals surface area contributed by atoms with Crippen molar-refractivity contribution >= 4 is 0 Å². The first kappa shape index (κ1) is 12.9. The molecule has 3 heteroatoms. The number of aliphatic hydroxyl groups is 2. The summed E-state index contributed by atoms with van der Waals surface area (Å²) in [5, 5.41) is 22.7. The lowest BCUT2D eigenvalue weighted by Crippen LogP contribution is -2.48. The molecule has 15 heavy (non-hydrogen) atoms. The normalized spacial score (nSPS) is 23.0. The summed E-state index contributed by atoms with van der Waals surface area (Å²) in [5.41, 5.74) is -0.527. The second-order valence-electron chi connectivity index (χ2n) is 5.20. The van der Waals surface area contributed by atoms with Gasteiger partial charge >= 0.3 is 0 Å². The molecule has 1 rings (SSSR count). The Balaban J connectivity index is 2.33. The summed E-state index contributed by atoms with van der Waals surface area (Å²) in [6.45, 7) is 4.93. The predicted molar refractivity (Wildman–Crippen MR) is 61.7 cm³/mol. The van der Waals surface area contributed by atoms with Gasteiger partial charge in [-0.25, -0.2) is 0 Å². The van der Waals surface area contributed by atoms with E-state index in [2.05, 4.69) is 19.2 Å². The molecule has 1 saturated carbocycles. The smallest absolute Gasteiger partial charge is 0.0771 e. The minimum atomic E-state index is -0.527. The van der Waals surface area contributed by atoms with Crippen LogP contribution in [0.1, 0.15) is 46.0 Å². The molecule has 0 amide bonds. The van der Waals surface area contributed by atoms with Gasteiger partial charge in [-0.3, -0.25) is 0 Å². The van der Waals surface area contributed by atoms with E-state index in [4.69, 9.17) is 5.11 Å². The number of hydrogen-bond donors (Lipinski definition) is 3. The summed E-state index contributed by atoms with van der Waals surface area (Å²) >= 11 is 0. The molecule has 1 atom stereocenters. The quantitative estimate of drug-likeness (QED) is 0.648. The van der Waals surface area contributed by atoms with Crippen LogP contribution in [0.4, 0.5) is 0 Å². The van der Waals surface area contributed by atoms with Gasteiger partial charge in [0, 0.05) is 12.6 Å². The second kappa shape index (κ2) is 5.83. The molecule has 90 valence electrons. The van der Waals surface area contributed by atoms with E-state index in [9.17, 15) is 5.11 Å². The highest BCUT2D eigenvalue weighted by Gasteiger charge is 2.29. The first-order valence-corrected chi connectivity index (χ1v) is 6.14. The minimum absolute atomic E-state index is 0.107. The summed E-state index contributed by atoms with van der Waals surface area (Å²) in [5.74, 6) is 0.405. The van der Waals surface area contributed by atoms with Crippen LogP contribution in [0.15, 0.2) is 0 Å². The molecule has 1 aliphatic carbocycles. The molecular weight excluding hydrogens is 190 g/mol. The summed E-state index contributed by atoms with van der Waals surface area (Å²) < 4.78 is 0. The van der Waals surface area contributed by atoms with Crippen molar-refractivity contribution in [2.75, 3.05) is 13.2 Å². The maximum absolute atomic E-state index is 10.3. The van der Waals surface area contributed by atoms with Gasteiger partial charge < -0.3 is 15.5 Å². The summed E-state index contributed by atoms with van der Waals surface area (Å²) in [6.07, 6.45) is 5.30. The molecule has 0 bridgehead atoms. The van der Waals surface area contributed by atoms with E-state index in [-0.39, 0.29) is 12.6 Å². The topological polar surface area (TPSA) is 52.5 Å². The van der Waals surface area contributed by atoms with Gasteiger partial charge in [0.15, 0.2) is 0 Å². The van der Waals surface area contributed by atoms with Gasteiger partial charge in [0.05, 0.1) is 12.2 Å². The summed E-state index contributed by atoms with van der Waals surface area (Å²) in [6, 6.07) is 0.107. The molecule has 0 aliphatic heterocycles. The predicted octanol–water partition coefficient (Wildman–Crippen LogP) is 1.29. The number of nitrogens with one attached hydrogen (secondary N) is 1. The van der Waals surface area contributed by atoms with E-state index < -0.39 is 5.60 Å². The van der Waals surface area contributed by atoms with Gasteiger partial charge in [-0.15, -0.1) is 0 Å². The van der Waals surface area contributed by atoms with Crippen LogP contribution in [0, 0.1) is 5.92 Å². The Morgan fingerprint density at radius 1 is 1.20 bits per heavy atom. The lowest BCUT2D eigenvalue weighted by atomic mass is 9.84. The Bertz CT molecular complexity index is 176. The molecule has 0 aromatic rings. The monoisotopic (exact) mass is 215 g/mol. The van der Waals surface area contributed by atoms with E-state index >= 15 is 0 Å². The molecule has 0 saturated heterocycles. The van der Waals surface area contributed by atoms with Crippen LogP contribution < -0.4 is 5.32 Å². The molecule has 1 aliphatic rings. The standard InChI is InChI=1S/C12H25NO2/c1-10(2)11(8-14)13-9-12(15)6-4-3-5-7-12/h10-11,13-15H,3-9H2,1-2H3/t11-/m1/s1. The molecule has 0 spiro atoms. The second-order valence-corrected chi connectivity index (χ2v) is 5.20. The molecule has 0 unspecified atom stereocenters. The van der Waals surface area contributed by atoms with Crippen LogP contribution in [0.25, 0.3) is 0 Å². The molecule has 0 aromatic heterocycles. The van der Waals surface area contributed by atoms with Crippen LogP contribution in [0.3, 0.4) is 0 Å². The third-order valence-electron chi connectivity index (χ3n) is 3.48. The van der Waals surface area contributed by atoms with Crippen molar-refractivity contribution in [1.82, 2.24) is 5.32 Å². The lowest BCUT2D eigenvalue weighted by Gasteiger charge is -2.34. The first-order chi connectivity index (χ1) is 7.07. The molecular formula is C12H25NO2. The first-order valence-electron chi connectivity index (χ1n) is 6.14. The van der Waals surface area contributed by atoms with Crippen LogP contribution in [0.5, 0.6) is 0 Å². The van der Waals surface area contributed by atoms with Crippen molar-refractivity contribution in [3.8, 4) is 0 Å². The zero-order chi connectivity index (χ0) is 11.3.